The molecule has 0 aromatic heterocycles. The van der Waals surface area contributed by atoms with Crippen molar-refractivity contribution in [3.05, 3.63) is 57.7 Å². The van der Waals surface area contributed by atoms with Crippen LogP contribution < -0.4 is 0 Å². The van der Waals surface area contributed by atoms with Crippen molar-refractivity contribution >= 4 is 28.4 Å². The van der Waals surface area contributed by atoms with E-state index in [-0.39, 0.29) is 10.4 Å². The molecule has 0 aromatic rings. The van der Waals surface area contributed by atoms with Crippen molar-refractivity contribution in [2.45, 2.75) is 53.9 Å². The van der Waals surface area contributed by atoms with E-state index in [4.69, 9.17) is 23.2 Å². The minimum atomic E-state index is -0.628. The zero-order valence-electron chi connectivity index (χ0n) is 14.7. The molecule has 126 valence electrons. The van der Waals surface area contributed by atoms with Gasteiger partial charge in [0.15, 0.2) is 0 Å². The summed E-state index contributed by atoms with van der Waals surface area (Å²) in [5.74, 6) is 0. The van der Waals surface area contributed by atoms with Crippen molar-refractivity contribution in [2.75, 3.05) is 0 Å². The van der Waals surface area contributed by atoms with Gasteiger partial charge in [-0.3, -0.25) is 4.79 Å². The van der Waals surface area contributed by atoms with E-state index in [2.05, 4.69) is 39.8 Å². The number of carbonyl (C=O) groups is 1. The molecule has 0 saturated heterocycles. The second kappa shape index (κ2) is 8.70. The number of hydrogen-bond donors (Lipinski definition) is 0. The average molecular weight is 353 g/mol. The van der Waals surface area contributed by atoms with Crippen LogP contribution in [0.4, 0.5) is 0 Å². The quantitative estimate of drug-likeness (QED) is 0.300. The molecule has 0 saturated carbocycles. The Hall–Kier alpha value is -1.05. The van der Waals surface area contributed by atoms with Crippen LogP contribution in [0.1, 0.15) is 53.9 Å². The van der Waals surface area contributed by atoms with Crippen molar-refractivity contribution in [3.63, 3.8) is 0 Å². The van der Waals surface area contributed by atoms with E-state index in [9.17, 15) is 4.79 Å². The first kappa shape index (κ1) is 20.0. The Kier molecular flexibility index (Phi) is 7.57. The molecular formula is C20H26Cl2O. The molecule has 1 nitrogen and oxygen atoms in total. The molecule has 1 aliphatic carbocycles. The third-order valence-electron chi connectivity index (χ3n) is 4.28. The van der Waals surface area contributed by atoms with Crippen LogP contribution in [0.3, 0.4) is 0 Å². The van der Waals surface area contributed by atoms with Crippen molar-refractivity contribution in [3.8, 4) is 0 Å². The van der Waals surface area contributed by atoms with Crippen LogP contribution >= 0.6 is 23.2 Å². The van der Waals surface area contributed by atoms with Gasteiger partial charge in [0.2, 0.25) is 0 Å². The van der Waals surface area contributed by atoms with Crippen LogP contribution in [0, 0.1) is 5.41 Å². The molecule has 0 spiro atoms. The fraction of sp³-hybridized carbons (Fsp3) is 0.450. The molecule has 23 heavy (non-hydrogen) atoms. The molecule has 0 bridgehead atoms. The maximum atomic E-state index is 11.0. The van der Waals surface area contributed by atoms with E-state index in [0.717, 1.165) is 5.57 Å². The number of halogens is 2. The van der Waals surface area contributed by atoms with Gasteiger partial charge >= 0.3 is 0 Å². The van der Waals surface area contributed by atoms with Crippen LogP contribution in [-0.2, 0) is 4.79 Å². The minimum absolute atomic E-state index is 0.0641. The lowest BCUT2D eigenvalue weighted by Crippen LogP contribution is -2.19. The van der Waals surface area contributed by atoms with Crippen LogP contribution in [0.2, 0.25) is 0 Å². The van der Waals surface area contributed by atoms with Gasteiger partial charge in [0.25, 0.3) is 5.24 Å². The molecule has 1 aliphatic rings. The fourth-order valence-corrected chi connectivity index (χ4v) is 3.07. The summed E-state index contributed by atoms with van der Waals surface area (Å²) in [5.41, 5.74) is 5.00. The second-order valence-corrected chi connectivity index (χ2v) is 7.53. The van der Waals surface area contributed by atoms with Gasteiger partial charge in [0.1, 0.15) is 5.03 Å². The first-order chi connectivity index (χ1) is 10.6. The van der Waals surface area contributed by atoms with E-state index in [1.165, 1.54) is 30.4 Å². The number of hydrogen-bond acceptors (Lipinski definition) is 1. The molecule has 3 heteroatoms. The van der Waals surface area contributed by atoms with E-state index in [0.29, 0.717) is 5.57 Å². The Morgan fingerprint density at radius 3 is 2.39 bits per heavy atom. The van der Waals surface area contributed by atoms with Gasteiger partial charge in [-0.1, -0.05) is 67.0 Å². The maximum Gasteiger partial charge on any atom is 0.264 e. The summed E-state index contributed by atoms with van der Waals surface area (Å²) < 4.78 is 0. The Morgan fingerprint density at radius 2 is 1.83 bits per heavy atom. The lowest BCUT2D eigenvalue weighted by molar-refractivity contribution is -0.108. The van der Waals surface area contributed by atoms with Gasteiger partial charge in [0.05, 0.1) is 0 Å². The molecule has 0 heterocycles. The van der Waals surface area contributed by atoms with E-state index >= 15 is 0 Å². The van der Waals surface area contributed by atoms with Gasteiger partial charge in [-0.05, 0) is 68.2 Å². The van der Waals surface area contributed by atoms with Crippen molar-refractivity contribution in [1.82, 2.24) is 0 Å². The van der Waals surface area contributed by atoms with Crippen molar-refractivity contribution in [1.29, 1.82) is 0 Å². The summed E-state index contributed by atoms with van der Waals surface area (Å²) in [6.07, 6.45) is 13.8. The van der Waals surface area contributed by atoms with Crippen LogP contribution in [0.25, 0.3) is 0 Å². The number of allylic oxidation sites excluding steroid dienone is 10. The Bertz CT molecular complexity index is 614. The topological polar surface area (TPSA) is 17.1 Å². The zero-order valence-corrected chi connectivity index (χ0v) is 16.2. The first-order valence-corrected chi connectivity index (χ1v) is 8.70. The predicted molar refractivity (Wildman–Crippen MR) is 102 cm³/mol. The molecular weight excluding hydrogens is 327 g/mol. The molecule has 0 N–H and O–H groups in total. The van der Waals surface area contributed by atoms with Gasteiger partial charge in [-0.25, -0.2) is 0 Å². The van der Waals surface area contributed by atoms with E-state index in [1.807, 2.05) is 12.2 Å². The predicted octanol–water partition coefficient (Wildman–Crippen LogP) is 6.85. The van der Waals surface area contributed by atoms with Gasteiger partial charge in [0, 0.05) is 0 Å². The Morgan fingerprint density at radius 1 is 1.17 bits per heavy atom. The highest BCUT2D eigenvalue weighted by molar-refractivity contribution is 6.74. The largest absolute Gasteiger partial charge is 0.275 e. The van der Waals surface area contributed by atoms with Gasteiger partial charge in [-0.15, -0.1) is 0 Å². The first-order valence-electron chi connectivity index (χ1n) is 7.94. The normalized spacial score (nSPS) is 20.4. The van der Waals surface area contributed by atoms with Gasteiger partial charge < -0.3 is 0 Å². The summed E-state index contributed by atoms with van der Waals surface area (Å²) in [7, 11) is 0. The molecule has 0 amide bonds. The highest BCUT2D eigenvalue weighted by atomic mass is 35.5. The molecule has 0 radical (unpaired) electrons. The molecule has 1 rings (SSSR count). The third-order valence-corrected chi connectivity index (χ3v) is 5.03. The molecule has 0 fully saturated rings. The van der Waals surface area contributed by atoms with Crippen LogP contribution in [-0.4, -0.2) is 5.24 Å². The standard InChI is InChI=1S/C20H26Cl2O/c1-14(8-6-9-16(3)18(21)19(22)23)11-12-17-15(2)10-7-13-20(17,4)5/h6,8-9,11-12H,7,10,13H2,1-5H3/b9-6+,12-11+,14-8+,18-16-. The lowest BCUT2D eigenvalue weighted by Gasteiger charge is -2.32. The van der Waals surface area contributed by atoms with Crippen molar-refractivity contribution < 1.29 is 4.79 Å². The van der Waals surface area contributed by atoms with Crippen LogP contribution in [0.15, 0.2) is 57.7 Å². The number of rotatable bonds is 5. The SMILES string of the molecule is CC1=C(/C=C/C(C)=C/C=C/C(C)=C(\Cl)C(=O)Cl)C(C)(C)CCC1. The molecule has 0 aromatic carbocycles. The Labute approximate surface area is 150 Å². The minimum Gasteiger partial charge on any atom is -0.275 e. The molecule has 0 atom stereocenters. The monoisotopic (exact) mass is 352 g/mol. The second-order valence-electron chi connectivity index (χ2n) is 6.81. The maximum absolute atomic E-state index is 11.0. The van der Waals surface area contributed by atoms with Crippen LogP contribution in [0.5, 0.6) is 0 Å². The molecule has 0 unspecified atom stereocenters. The summed E-state index contributed by atoms with van der Waals surface area (Å²) in [5, 5.41) is -0.564. The summed E-state index contributed by atoms with van der Waals surface area (Å²) >= 11 is 11.1. The Balaban J connectivity index is 2.85. The lowest BCUT2D eigenvalue weighted by atomic mass is 9.72. The summed E-state index contributed by atoms with van der Waals surface area (Å²) in [6, 6.07) is 0. The van der Waals surface area contributed by atoms with Crippen molar-refractivity contribution in [2.24, 2.45) is 5.41 Å². The van der Waals surface area contributed by atoms with E-state index < -0.39 is 5.24 Å². The van der Waals surface area contributed by atoms with Gasteiger partial charge in [-0.2, -0.15) is 0 Å². The summed E-state index contributed by atoms with van der Waals surface area (Å²) in [6.45, 7) is 10.7. The number of carbonyl (C=O) groups excluding carboxylic acids is 1. The molecule has 0 aliphatic heterocycles. The summed E-state index contributed by atoms with van der Waals surface area (Å²) in [4.78, 5) is 11.0. The average Bonchev–Trinajstić information content (AvgIpc) is 2.44. The zero-order chi connectivity index (χ0) is 17.6. The highest BCUT2D eigenvalue weighted by Crippen LogP contribution is 2.40. The third kappa shape index (κ3) is 6.16. The fourth-order valence-electron chi connectivity index (χ4n) is 2.85. The van der Waals surface area contributed by atoms with E-state index in [1.54, 1.807) is 13.0 Å². The highest BCUT2D eigenvalue weighted by Gasteiger charge is 2.26. The smallest absolute Gasteiger partial charge is 0.264 e.